The molecule has 1 aliphatic rings. The van der Waals surface area contributed by atoms with E-state index in [1.165, 1.54) is 18.6 Å². The van der Waals surface area contributed by atoms with Crippen molar-refractivity contribution in [3.05, 3.63) is 53.2 Å². The average Bonchev–Trinajstić information content (AvgIpc) is 2.89. The van der Waals surface area contributed by atoms with E-state index in [2.05, 4.69) is 14.9 Å². The molecule has 0 radical (unpaired) electrons. The van der Waals surface area contributed by atoms with Gasteiger partial charge in [0.1, 0.15) is 22.9 Å². The number of hydrogen-bond acceptors (Lipinski definition) is 4. The van der Waals surface area contributed by atoms with Crippen LogP contribution < -0.4 is 10.1 Å². The van der Waals surface area contributed by atoms with E-state index in [4.69, 9.17) is 9.72 Å². The van der Waals surface area contributed by atoms with E-state index in [-0.39, 0.29) is 11.7 Å². The highest BCUT2D eigenvalue weighted by atomic mass is 19.1. The number of carbonyl (C=O) groups excluding carboxylic acids is 1. The fourth-order valence-electron chi connectivity index (χ4n) is 3.68. The normalized spacial score (nSPS) is 13.7. The first-order valence-corrected chi connectivity index (χ1v) is 10.1. The lowest BCUT2D eigenvalue weighted by Crippen LogP contribution is -2.26. The van der Waals surface area contributed by atoms with E-state index in [9.17, 15) is 9.18 Å². The number of fused-ring (bicyclic) bond motifs is 3. The quantitative estimate of drug-likeness (QED) is 0.644. The molecule has 0 spiro atoms. The number of rotatable bonds is 6. The monoisotopic (exact) mass is 396 g/mol. The molecule has 3 aromatic rings. The Bertz CT molecular complexity index is 1010. The summed E-state index contributed by atoms with van der Waals surface area (Å²) in [6.07, 6.45) is 5.01. The molecule has 0 fully saturated rings. The van der Waals surface area contributed by atoms with Gasteiger partial charge in [0.05, 0.1) is 12.2 Å². The number of aromatic nitrogens is 3. The Hall–Kier alpha value is -2.96. The predicted molar refractivity (Wildman–Crippen MR) is 109 cm³/mol. The summed E-state index contributed by atoms with van der Waals surface area (Å²) in [5, 5.41) is 2.95. The van der Waals surface area contributed by atoms with Crippen LogP contribution in [0, 0.1) is 12.7 Å². The van der Waals surface area contributed by atoms with Gasteiger partial charge in [-0.05, 0) is 56.5 Å². The molecule has 2 aromatic heterocycles. The third-order valence-electron chi connectivity index (χ3n) is 5.13. The summed E-state index contributed by atoms with van der Waals surface area (Å²) in [6, 6.07) is 7.71. The van der Waals surface area contributed by atoms with Crippen LogP contribution in [0.5, 0.6) is 5.75 Å². The van der Waals surface area contributed by atoms with E-state index < -0.39 is 0 Å². The molecular formula is C22H25FN4O2. The number of nitrogens with one attached hydrogen (secondary N) is 1. The Kier molecular flexibility index (Phi) is 5.74. The van der Waals surface area contributed by atoms with E-state index in [1.807, 2.05) is 6.92 Å². The van der Waals surface area contributed by atoms with Gasteiger partial charge < -0.3 is 14.6 Å². The van der Waals surface area contributed by atoms with Gasteiger partial charge in [-0.1, -0.05) is 6.42 Å². The van der Waals surface area contributed by atoms with Gasteiger partial charge in [-0.2, -0.15) is 0 Å². The third-order valence-corrected chi connectivity index (χ3v) is 5.13. The summed E-state index contributed by atoms with van der Waals surface area (Å²) >= 11 is 0. The Morgan fingerprint density at radius 2 is 2.03 bits per heavy atom. The molecule has 4 rings (SSSR count). The molecule has 0 atom stereocenters. The largest absolute Gasteiger partial charge is 0.494 e. The molecule has 1 aliphatic heterocycles. The molecule has 1 amide bonds. The fourth-order valence-corrected chi connectivity index (χ4v) is 3.68. The average molecular weight is 396 g/mol. The molecule has 0 aliphatic carbocycles. The van der Waals surface area contributed by atoms with Crippen LogP contribution in [0.25, 0.3) is 11.2 Å². The molecule has 0 saturated heterocycles. The summed E-state index contributed by atoms with van der Waals surface area (Å²) in [7, 11) is 0. The van der Waals surface area contributed by atoms with Crippen molar-refractivity contribution < 1.29 is 13.9 Å². The SMILES string of the molecule is Cc1cc(C(=O)NCCCOc2ccc(F)cc2)c2nc3n(c2n1)CCCCC3. The summed E-state index contributed by atoms with van der Waals surface area (Å²) in [6.45, 7) is 3.74. The van der Waals surface area contributed by atoms with Crippen LogP contribution >= 0.6 is 0 Å². The molecule has 152 valence electrons. The maximum absolute atomic E-state index is 12.9. The number of halogens is 1. The number of pyridine rings is 1. The highest BCUT2D eigenvalue weighted by Crippen LogP contribution is 2.24. The fraction of sp³-hybridized carbons (Fsp3) is 0.409. The van der Waals surface area contributed by atoms with Gasteiger partial charge in [0, 0.05) is 25.2 Å². The van der Waals surface area contributed by atoms with Crippen LogP contribution in [0.1, 0.15) is 47.6 Å². The van der Waals surface area contributed by atoms with Crippen molar-refractivity contribution in [2.45, 2.75) is 45.6 Å². The van der Waals surface area contributed by atoms with Gasteiger partial charge >= 0.3 is 0 Å². The van der Waals surface area contributed by atoms with Crippen LogP contribution in [0.15, 0.2) is 30.3 Å². The lowest BCUT2D eigenvalue weighted by molar-refractivity contribution is 0.0953. The number of benzene rings is 1. The van der Waals surface area contributed by atoms with E-state index >= 15 is 0 Å². The van der Waals surface area contributed by atoms with Crippen LogP contribution in [0.2, 0.25) is 0 Å². The second-order valence-electron chi connectivity index (χ2n) is 7.39. The van der Waals surface area contributed by atoms with Crippen LogP contribution in [0.3, 0.4) is 0 Å². The zero-order chi connectivity index (χ0) is 20.2. The Labute approximate surface area is 169 Å². The van der Waals surface area contributed by atoms with Gasteiger partial charge in [0.25, 0.3) is 5.91 Å². The molecule has 7 heteroatoms. The van der Waals surface area contributed by atoms with Gasteiger partial charge in [-0.15, -0.1) is 0 Å². The van der Waals surface area contributed by atoms with E-state index in [0.29, 0.717) is 36.4 Å². The summed E-state index contributed by atoms with van der Waals surface area (Å²) in [5.74, 6) is 1.21. The summed E-state index contributed by atoms with van der Waals surface area (Å²) in [4.78, 5) is 22.2. The number of imidazole rings is 1. The number of hydrogen-bond donors (Lipinski definition) is 1. The second-order valence-corrected chi connectivity index (χ2v) is 7.39. The van der Waals surface area contributed by atoms with Crippen molar-refractivity contribution in [2.24, 2.45) is 0 Å². The minimum absolute atomic E-state index is 0.143. The lowest BCUT2D eigenvalue weighted by atomic mass is 10.2. The van der Waals surface area contributed by atoms with Crippen LogP contribution in [-0.2, 0) is 13.0 Å². The topological polar surface area (TPSA) is 69.0 Å². The zero-order valence-corrected chi connectivity index (χ0v) is 16.6. The first-order valence-electron chi connectivity index (χ1n) is 10.1. The first-order chi connectivity index (χ1) is 14.1. The van der Waals surface area contributed by atoms with E-state index in [0.717, 1.165) is 43.0 Å². The smallest absolute Gasteiger partial charge is 0.253 e. The molecule has 1 N–H and O–H groups in total. The van der Waals surface area contributed by atoms with Crippen LogP contribution in [-0.4, -0.2) is 33.6 Å². The van der Waals surface area contributed by atoms with Crippen molar-refractivity contribution in [1.82, 2.24) is 19.9 Å². The van der Waals surface area contributed by atoms with E-state index in [1.54, 1.807) is 18.2 Å². The third kappa shape index (κ3) is 4.39. The number of aryl methyl sites for hydroxylation is 3. The molecule has 0 unspecified atom stereocenters. The Morgan fingerprint density at radius 3 is 2.86 bits per heavy atom. The molecule has 29 heavy (non-hydrogen) atoms. The Balaban J connectivity index is 1.40. The van der Waals surface area contributed by atoms with Crippen molar-refractivity contribution in [3.63, 3.8) is 0 Å². The van der Waals surface area contributed by atoms with Gasteiger partial charge in [-0.3, -0.25) is 4.79 Å². The van der Waals surface area contributed by atoms with Crippen molar-refractivity contribution in [3.8, 4) is 5.75 Å². The maximum atomic E-state index is 12.9. The summed E-state index contributed by atoms with van der Waals surface area (Å²) in [5.41, 5.74) is 2.89. The molecule has 0 bridgehead atoms. The minimum Gasteiger partial charge on any atom is -0.494 e. The van der Waals surface area contributed by atoms with Crippen LogP contribution in [0.4, 0.5) is 4.39 Å². The van der Waals surface area contributed by atoms with Crippen molar-refractivity contribution >= 4 is 17.1 Å². The maximum Gasteiger partial charge on any atom is 0.253 e. The summed E-state index contributed by atoms with van der Waals surface area (Å²) < 4.78 is 20.6. The van der Waals surface area contributed by atoms with Crippen molar-refractivity contribution in [2.75, 3.05) is 13.2 Å². The molecule has 1 aromatic carbocycles. The van der Waals surface area contributed by atoms with Crippen molar-refractivity contribution in [1.29, 1.82) is 0 Å². The number of nitrogens with zero attached hydrogens (tertiary/aromatic N) is 3. The standard InChI is InChI=1S/C22H25FN4O2/c1-15-14-18(20-21(25-15)27-12-4-2-3-6-19(27)26-20)22(28)24-11-5-13-29-17-9-7-16(23)8-10-17/h7-10,14H,2-6,11-13H2,1H3,(H,24,28). The highest BCUT2D eigenvalue weighted by molar-refractivity contribution is 6.04. The first kappa shape index (κ1) is 19.4. The predicted octanol–water partition coefficient (Wildman–Crippen LogP) is 3.80. The molecular weight excluding hydrogens is 371 g/mol. The molecule has 6 nitrogen and oxygen atoms in total. The number of ether oxygens (including phenoxy) is 1. The van der Waals surface area contributed by atoms with Gasteiger partial charge in [0.15, 0.2) is 5.65 Å². The Morgan fingerprint density at radius 1 is 1.21 bits per heavy atom. The highest BCUT2D eigenvalue weighted by Gasteiger charge is 2.20. The number of amides is 1. The van der Waals surface area contributed by atoms with Gasteiger partial charge in [-0.25, -0.2) is 14.4 Å². The number of carbonyl (C=O) groups is 1. The lowest BCUT2D eigenvalue weighted by Gasteiger charge is -2.09. The minimum atomic E-state index is -0.292. The second kappa shape index (κ2) is 8.59. The molecule has 3 heterocycles. The van der Waals surface area contributed by atoms with Gasteiger partial charge in [0.2, 0.25) is 0 Å². The molecule has 0 saturated carbocycles. The zero-order valence-electron chi connectivity index (χ0n) is 16.6.